The van der Waals surface area contributed by atoms with E-state index in [-0.39, 0.29) is 23.5 Å². The Bertz CT molecular complexity index is 1420. The van der Waals surface area contributed by atoms with Gasteiger partial charge in [-0.25, -0.2) is 0 Å². The molecule has 0 bridgehead atoms. The van der Waals surface area contributed by atoms with E-state index in [2.05, 4.69) is 10.6 Å². The summed E-state index contributed by atoms with van der Waals surface area (Å²) in [5.74, 6) is 0.878. The van der Waals surface area contributed by atoms with Gasteiger partial charge in [-0.2, -0.15) is 0 Å². The van der Waals surface area contributed by atoms with Crippen LogP contribution in [0.25, 0.3) is 0 Å². The molecule has 10 nitrogen and oxygen atoms in total. The number of nitrogen functional groups attached to an aromatic ring is 2. The van der Waals surface area contributed by atoms with E-state index in [4.69, 9.17) is 31.8 Å². The molecule has 0 saturated carbocycles. The molecule has 0 atom stereocenters. The number of hydrogen-bond donors (Lipinski definition) is 6. The number of carbonyl (C=O) groups is 2. The highest BCUT2D eigenvalue weighted by Crippen LogP contribution is 2.15. The summed E-state index contributed by atoms with van der Waals surface area (Å²) in [7, 11) is 0. The number of amides is 2. The van der Waals surface area contributed by atoms with Gasteiger partial charge in [0.1, 0.15) is 36.4 Å². The van der Waals surface area contributed by atoms with E-state index in [1.807, 2.05) is 48.5 Å². The third kappa shape index (κ3) is 8.43. The van der Waals surface area contributed by atoms with Crippen molar-refractivity contribution in [1.29, 1.82) is 10.8 Å². The van der Waals surface area contributed by atoms with Crippen LogP contribution < -0.4 is 31.6 Å². The van der Waals surface area contributed by atoms with Gasteiger partial charge in [-0.3, -0.25) is 20.4 Å². The Hall–Kier alpha value is -5.64. The molecule has 0 unspecified atom stereocenters. The minimum absolute atomic E-state index is 0.0409. The third-order valence-corrected chi connectivity index (χ3v) is 6.29. The highest BCUT2D eigenvalue weighted by molar-refractivity contribution is 5.99. The summed E-state index contributed by atoms with van der Waals surface area (Å²) in [6, 6.07) is 28.0. The molecule has 4 aromatic rings. The number of nitrogens with one attached hydrogen (secondary N) is 4. The summed E-state index contributed by atoms with van der Waals surface area (Å²) in [5, 5.41) is 20.6. The van der Waals surface area contributed by atoms with E-state index >= 15 is 0 Å². The Morgan fingerprint density at radius 1 is 0.524 bits per heavy atom. The molecule has 2 amide bonds. The van der Waals surface area contributed by atoms with Gasteiger partial charge in [0.15, 0.2) is 0 Å². The largest absolute Gasteiger partial charge is 0.490 e. The Labute approximate surface area is 243 Å². The molecule has 0 spiro atoms. The molecular weight excluding hydrogens is 532 g/mol. The first-order valence-corrected chi connectivity index (χ1v) is 13.2. The van der Waals surface area contributed by atoms with Gasteiger partial charge in [-0.05, 0) is 59.7 Å². The van der Waals surface area contributed by atoms with Crippen LogP contribution in [0.15, 0.2) is 97.1 Å². The van der Waals surface area contributed by atoms with Crippen LogP contribution in [0.2, 0.25) is 0 Å². The number of ether oxygens (including phenoxy) is 2. The molecule has 0 heterocycles. The first kappa shape index (κ1) is 29.3. The van der Waals surface area contributed by atoms with E-state index in [1.54, 1.807) is 48.5 Å². The van der Waals surface area contributed by atoms with Gasteiger partial charge >= 0.3 is 0 Å². The molecular formula is C32H32N6O4. The lowest BCUT2D eigenvalue weighted by Gasteiger charge is -2.10. The average Bonchev–Trinajstić information content (AvgIpc) is 3.02. The fraction of sp³-hybridized carbons (Fsp3) is 0.125. The lowest BCUT2D eigenvalue weighted by molar-refractivity contribution is 0.0943. The van der Waals surface area contributed by atoms with Gasteiger partial charge in [0, 0.05) is 35.3 Å². The molecule has 8 N–H and O–H groups in total. The van der Waals surface area contributed by atoms with Gasteiger partial charge in [-0.1, -0.05) is 48.5 Å². The van der Waals surface area contributed by atoms with Crippen molar-refractivity contribution in [3.63, 3.8) is 0 Å². The summed E-state index contributed by atoms with van der Waals surface area (Å²) in [6.07, 6.45) is 0. The Balaban J connectivity index is 1.13. The molecule has 0 aliphatic rings. The van der Waals surface area contributed by atoms with Crippen molar-refractivity contribution in [3.05, 3.63) is 130 Å². The van der Waals surface area contributed by atoms with E-state index in [0.29, 0.717) is 60.1 Å². The van der Waals surface area contributed by atoms with Gasteiger partial charge in [-0.15, -0.1) is 0 Å². The summed E-state index contributed by atoms with van der Waals surface area (Å²) >= 11 is 0. The van der Waals surface area contributed by atoms with Gasteiger partial charge in [0.2, 0.25) is 0 Å². The predicted octanol–water partition coefficient (Wildman–Crippen LogP) is 3.57. The lowest BCUT2D eigenvalue weighted by atomic mass is 10.1. The predicted molar refractivity (Wildman–Crippen MR) is 161 cm³/mol. The van der Waals surface area contributed by atoms with Crippen LogP contribution in [0.1, 0.15) is 43.0 Å². The van der Waals surface area contributed by atoms with Crippen LogP contribution in [-0.4, -0.2) is 36.7 Å². The topological polar surface area (TPSA) is 176 Å². The monoisotopic (exact) mass is 564 g/mol. The summed E-state index contributed by atoms with van der Waals surface area (Å²) in [6.45, 7) is 1.44. The smallest absolute Gasteiger partial charge is 0.251 e. The zero-order valence-corrected chi connectivity index (χ0v) is 22.9. The maximum absolute atomic E-state index is 12.4. The van der Waals surface area contributed by atoms with E-state index in [0.717, 1.165) is 11.1 Å². The zero-order chi connectivity index (χ0) is 29.9. The average molecular weight is 565 g/mol. The molecule has 0 aromatic heterocycles. The van der Waals surface area contributed by atoms with Crippen LogP contribution in [-0.2, 0) is 13.1 Å². The summed E-state index contributed by atoms with van der Waals surface area (Å²) in [5.41, 5.74) is 14.9. The number of benzene rings is 4. The van der Waals surface area contributed by atoms with Crippen molar-refractivity contribution in [2.75, 3.05) is 13.2 Å². The van der Waals surface area contributed by atoms with Gasteiger partial charge in [0.25, 0.3) is 11.8 Å². The van der Waals surface area contributed by atoms with Crippen molar-refractivity contribution >= 4 is 23.5 Å². The number of carbonyl (C=O) groups excluding carboxylic acids is 2. The quantitative estimate of drug-likeness (QED) is 0.0821. The number of amidine groups is 2. The second-order valence-corrected chi connectivity index (χ2v) is 9.33. The molecule has 4 rings (SSSR count). The second kappa shape index (κ2) is 14.1. The molecule has 0 aliphatic carbocycles. The second-order valence-electron chi connectivity index (χ2n) is 9.33. The first-order valence-electron chi connectivity index (χ1n) is 13.2. The number of rotatable bonds is 13. The van der Waals surface area contributed by atoms with Crippen LogP contribution in [0.4, 0.5) is 0 Å². The van der Waals surface area contributed by atoms with Crippen molar-refractivity contribution < 1.29 is 19.1 Å². The molecule has 214 valence electrons. The normalized spacial score (nSPS) is 10.4. The van der Waals surface area contributed by atoms with E-state index in [9.17, 15) is 9.59 Å². The minimum Gasteiger partial charge on any atom is -0.490 e. The van der Waals surface area contributed by atoms with Gasteiger partial charge in [0.05, 0.1) is 0 Å². The molecule has 42 heavy (non-hydrogen) atoms. The fourth-order valence-electron chi connectivity index (χ4n) is 3.90. The van der Waals surface area contributed by atoms with Crippen molar-refractivity contribution in [3.8, 4) is 11.5 Å². The standard InChI is InChI=1S/C32H32N6O4/c33-29(34)23-5-9-25(10-6-23)31(39)37-19-21-1-13-27(14-2-21)41-17-18-42-28-15-3-22(4-16-28)20-38-32(40)26-11-7-24(8-12-26)30(35)36/h1-16H,17-20H2,(H3,33,34)(H3,35,36)(H,37,39)(H,38,40). The lowest BCUT2D eigenvalue weighted by Crippen LogP contribution is -2.23. The molecule has 0 saturated heterocycles. The van der Waals surface area contributed by atoms with E-state index < -0.39 is 0 Å². The fourth-order valence-corrected chi connectivity index (χ4v) is 3.90. The molecule has 0 fully saturated rings. The maximum atomic E-state index is 12.4. The molecule has 0 radical (unpaired) electrons. The van der Waals surface area contributed by atoms with Crippen molar-refractivity contribution in [2.45, 2.75) is 13.1 Å². The first-order chi connectivity index (χ1) is 20.3. The van der Waals surface area contributed by atoms with E-state index in [1.165, 1.54) is 0 Å². The minimum atomic E-state index is -0.210. The highest BCUT2D eigenvalue weighted by atomic mass is 16.5. The zero-order valence-electron chi connectivity index (χ0n) is 22.9. The van der Waals surface area contributed by atoms with Crippen LogP contribution >= 0.6 is 0 Å². The highest BCUT2D eigenvalue weighted by Gasteiger charge is 2.08. The Kier molecular flexibility index (Phi) is 9.87. The molecule has 0 aliphatic heterocycles. The summed E-state index contributed by atoms with van der Waals surface area (Å²) in [4.78, 5) is 24.7. The molecule has 10 heteroatoms. The van der Waals surface area contributed by atoms with Crippen molar-refractivity contribution in [2.24, 2.45) is 11.5 Å². The maximum Gasteiger partial charge on any atom is 0.251 e. The Morgan fingerprint density at radius 2 is 0.833 bits per heavy atom. The molecule has 4 aromatic carbocycles. The van der Waals surface area contributed by atoms with Crippen LogP contribution in [0.5, 0.6) is 11.5 Å². The summed E-state index contributed by atoms with van der Waals surface area (Å²) < 4.78 is 11.5. The number of hydrogen-bond acceptors (Lipinski definition) is 6. The van der Waals surface area contributed by atoms with Crippen LogP contribution in [0, 0.1) is 10.8 Å². The SMILES string of the molecule is N=C(N)c1ccc(C(=O)NCc2ccc(OCCOc3ccc(CNC(=O)c4ccc(C(=N)N)cc4)cc3)cc2)cc1. The third-order valence-electron chi connectivity index (χ3n) is 6.29. The van der Waals surface area contributed by atoms with Gasteiger partial charge < -0.3 is 31.6 Å². The Morgan fingerprint density at radius 3 is 1.14 bits per heavy atom. The van der Waals surface area contributed by atoms with Crippen molar-refractivity contribution in [1.82, 2.24) is 10.6 Å². The van der Waals surface area contributed by atoms with Crippen LogP contribution in [0.3, 0.4) is 0 Å². The number of nitrogens with two attached hydrogens (primary N) is 2.